The molecule has 0 aliphatic carbocycles. The molecule has 1 atom stereocenters. The van der Waals surface area contributed by atoms with E-state index in [0.29, 0.717) is 11.4 Å². The number of aliphatic imine (C=N–C) groups is 1. The normalized spacial score (nSPS) is 12.9. The molecule has 158 valence electrons. The second-order valence-electron chi connectivity index (χ2n) is 7.39. The van der Waals surface area contributed by atoms with Crippen molar-refractivity contribution in [2.75, 3.05) is 7.11 Å². The molecule has 0 bridgehead atoms. The molecule has 0 spiro atoms. The van der Waals surface area contributed by atoms with Gasteiger partial charge in [0.05, 0.1) is 24.8 Å². The zero-order valence-corrected chi connectivity index (χ0v) is 17.9. The first-order chi connectivity index (χ1) is 14.9. The number of hydrogen-bond acceptors (Lipinski definition) is 5. The minimum Gasteiger partial charge on any atom is -0.501 e. The van der Waals surface area contributed by atoms with Gasteiger partial charge in [0, 0.05) is 42.0 Å². The number of aryl methyl sites for hydroxylation is 1. The van der Waals surface area contributed by atoms with Crippen molar-refractivity contribution < 1.29 is 9.13 Å². The van der Waals surface area contributed by atoms with Gasteiger partial charge in [0.25, 0.3) is 0 Å². The van der Waals surface area contributed by atoms with Gasteiger partial charge in [-0.05, 0) is 43.5 Å². The van der Waals surface area contributed by atoms with Gasteiger partial charge in [0.1, 0.15) is 5.82 Å². The predicted molar refractivity (Wildman–Crippen MR) is 119 cm³/mol. The fourth-order valence-electron chi connectivity index (χ4n) is 3.52. The van der Waals surface area contributed by atoms with Crippen LogP contribution >= 0.6 is 0 Å². The quantitative estimate of drug-likeness (QED) is 0.334. The Bertz CT molecular complexity index is 1300. The summed E-state index contributed by atoms with van der Waals surface area (Å²) in [6.45, 7) is 7.53. The molecular weight excluding hydrogens is 395 g/mol. The molecule has 0 aliphatic heterocycles. The van der Waals surface area contributed by atoms with Crippen LogP contribution in [0.4, 0.5) is 10.1 Å². The van der Waals surface area contributed by atoms with Crippen molar-refractivity contribution in [2.45, 2.75) is 19.8 Å². The Morgan fingerprint density at radius 3 is 2.71 bits per heavy atom. The van der Waals surface area contributed by atoms with Crippen molar-refractivity contribution >= 4 is 24.1 Å². The van der Waals surface area contributed by atoms with Crippen LogP contribution in [-0.2, 0) is 11.8 Å². The van der Waals surface area contributed by atoms with E-state index in [2.05, 4.69) is 27.0 Å². The second kappa shape index (κ2) is 8.14. The van der Waals surface area contributed by atoms with Gasteiger partial charge in [-0.3, -0.25) is 14.1 Å². The van der Waals surface area contributed by atoms with Gasteiger partial charge in [-0.25, -0.2) is 4.39 Å². The fourth-order valence-corrected chi connectivity index (χ4v) is 3.52. The van der Waals surface area contributed by atoms with Crippen LogP contribution in [0.5, 0.6) is 0 Å². The van der Waals surface area contributed by atoms with Crippen LogP contribution < -0.4 is 0 Å². The molecular formula is C23H23FN6O. The number of fused-ring (bicyclic) bond motifs is 1. The molecule has 3 aromatic heterocycles. The third-order valence-electron chi connectivity index (χ3n) is 5.31. The number of rotatable bonds is 6. The number of methoxy groups -OCH3 is 1. The van der Waals surface area contributed by atoms with Crippen molar-refractivity contribution in [2.24, 2.45) is 12.0 Å². The van der Waals surface area contributed by atoms with Crippen molar-refractivity contribution in [1.29, 1.82) is 0 Å². The number of ether oxygens (including phenoxy) is 1. The maximum atomic E-state index is 14.8. The Hall–Kier alpha value is -3.81. The van der Waals surface area contributed by atoms with E-state index in [1.54, 1.807) is 22.4 Å². The average Bonchev–Trinajstić information content (AvgIpc) is 3.39. The van der Waals surface area contributed by atoms with Gasteiger partial charge in [0.15, 0.2) is 11.5 Å². The van der Waals surface area contributed by atoms with E-state index < -0.39 is 5.82 Å². The number of halogens is 1. The van der Waals surface area contributed by atoms with E-state index in [0.717, 1.165) is 28.1 Å². The second-order valence-corrected chi connectivity index (χ2v) is 7.39. The van der Waals surface area contributed by atoms with Gasteiger partial charge < -0.3 is 4.74 Å². The lowest BCUT2D eigenvalue weighted by atomic mass is 9.97. The summed E-state index contributed by atoms with van der Waals surface area (Å²) in [6, 6.07) is 7.34. The molecule has 4 aromatic rings. The molecule has 31 heavy (non-hydrogen) atoms. The largest absolute Gasteiger partial charge is 0.501 e. The Labute approximate surface area is 179 Å². The summed E-state index contributed by atoms with van der Waals surface area (Å²) in [5, 5.41) is 12.6. The zero-order valence-electron chi connectivity index (χ0n) is 17.9. The van der Waals surface area contributed by atoms with Crippen LogP contribution in [-0.4, -0.2) is 38.2 Å². The summed E-state index contributed by atoms with van der Waals surface area (Å²) in [7, 11) is 3.44. The van der Waals surface area contributed by atoms with E-state index in [4.69, 9.17) is 4.74 Å². The molecule has 8 heteroatoms. The van der Waals surface area contributed by atoms with Gasteiger partial charge >= 0.3 is 0 Å². The summed E-state index contributed by atoms with van der Waals surface area (Å²) in [4.78, 5) is 4.09. The molecule has 0 amide bonds. The van der Waals surface area contributed by atoms with Crippen molar-refractivity contribution in [3.8, 4) is 11.1 Å². The number of hydrogen-bond donors (Lipinski definition) is 0. The third kappa shape index (κ3) is 3.84. The van der Waals surface area contributed by atoms with Gasteiger partial charge in [-0.15, -0.1) is 10.2 Å². The highest BCUT2D eigenvalue weighted by Crippen LogP contribution is 2.31. The highest BCUT2D eigenvalue weighted by atomic mass is 19.1. The number of nitrogens with zero attached hydrogens (tertiary/aromatic N) is 6. The van der Waals surface area contributed by atoms with E-state index >= 15 is 0 Å². The van der Waals surface area contributed by atoms with Crippen LogP contribution in [0.2, 0.25) is 0 Å². The van der Waals surface area contributed by atoms with E-state index in [1.165, 1.54) is 6.07 Å². The Morgan fingerprint density at radius 2 is 2.03 bits per heavy atom. The third-order valence-corrected chi connectivity index (χ3v) is 5.31. The summed E-state index contributed by atoms with van der Waals surface area (Å²) < 4.78 is 23.4. The van der Waals surface area contributed by atoms with Crippen LogP contribution in [0.1, 0.15) is 36.7 Å². The summed E-state index contributed by atoms with van der Waals surface area (Å²) in [5.41, 5.74) is 4.34. The highest BCUT2D eigenvalue weighted by Gasteiger charge is 2.19. The lowest BCUT2D eigenvalue weighted by Crippen LogP contribution is -2.04. The highest BCUT2D eigenvalue weighted by molar-refractivity contribution is 5.68. The van der Waals surface area contributed by atoms with Crippen LogP contribution in [0.3, 0.4) is 0 Å². The molecule has 0 radical (unpaired) electrons. The Kier molecular flexibility index (Phi) is 5.37. The lowest BCUT2D eigenvalue weighted by molar-refractivity contribution is 0.297. The molecule has 4 rings (SSSR count). The maximum absolute atomic E-state index is 14.8. The number of aromatic nitrogens is 5. The minimum atomic E-state index is -0.433. The molecule has 0 aliphatic rings. The molecule has 0 N–H and O–H groups in total. The molecule has 1 aromatic carbocycles. The van der Waals surface area contributed by atoms with E-state index in [1.807, 2.05) is 57.6 Å². The summed E-state index contributed by atoms with van der Waals surface area (Å²) in [6.07, 6.45) is 7.29. The molecule has 0 saturated carbocycles. The monoisotopic (exact) mass is 418 g/mol. The smallest absolute Gasteiger partial charge is 0.196 e. The van der Waals surface area contributed by atoms with E-state index in [9.17, 15) is 4.39 Å². The maximum Gasteiger partial charge on any atom is 0.196 e. The molecule has 3 heterocycles. The first kappa shape index (κ1) is 20.5. The van der Waals surface area contributed by atoms with Crippen molar-refractivity contribution in [1.82, 2.24) is 24.4 Å². The molecule has 7 nitrogen and oxygen atoms in total. The van der Waals surface area contributed by atoms with Crippen molar-refractivity contribution in [3.05, 3.63) is 71.4 Å². The predicted octanol–water partition coefficient (Wildman–Crippen LogP) is 4.76. The standard InChI is InChI=1S/C23H23FN6O/c1-14(31-5)8-17-9-16(6-7-21(17)25-3)15(2)22-27-28-23-20(24)10-18(13-30(22)23)19-11-26-29(4)12-19/h6-13,15H,3H2,1-2,4-5H3/b14-8+/t15-/m0/s1. The van der Waals surface area contributed by atoms with E-state index in [-0.39, 0.29) is 11.6 Å². The number of allylic oxidation sites excluding steroid dienone is 1. The number of benzene rings is 1. The zero-order chi connectivity index (χ0) is 22.1. The topological polar surface area (TPSA) is 69.6 Å². The van der Waals surface area contributed by atoms with Crippen LogP contribution in [0.25, 0.3) is 22.9 Å². The van der Waals surface area contributed by atoms with Gasteiger partial charge in [-0.1, -0.05) is 13.0 Å². The average molecular weight is 418 g/mol. The minimum absolute atomic E-state index is 0.146. The van der Waals surface area contributed by atoms with Crippen molar-refractivity contribution in [3.63, 3.8) is 0 Å². The molecule has 0 saturated heterocycles. The number of pyridine rings is 1. The molecule has 0 fully saturated rings. The Morgan fingerprint density at radius 1 is 1.23 bits per heavy atom. The summed E-state index contributed by atoms with van der Waals surface area (Å²) >= 11 is 0. The lowest BCUT2D eigenvalue weighted by Gasteiger charge is -2.13. The first-order valence-corrected chi connectivity index (χ1v) is 9.77. The first-order valence-electron chi connectivity index (χ1n) is 9.77. The molecule has 0 unspecified atom stereocenters. The summed E-state index contributed by atoms with van der Waals surface area (Å²) in [5.74, 6) is 0.813. The SMILES string of the molecule is C=Nc1ccc([C@H](C)c2nnc3c(F)cc(-c4cnn(C)c4)cn23)cc1/C=C(\C)OC. The van der Waals surface area contributed by atoms with Gasteiger partial charge in [-0.2, -0.15) is 5.10 Å². The van der Waals surface area contributed by atoms with Gasteiger partial charge in [0.2, 0.25) is 0 Å². The van der Waals surface area contributed by atoms with Crippen LogP contribution in [0, 0.1) is 5.82 Å². The van der Waals surface area contributed by atoms with Crippen LogP contribution in [0.15, 0.2) is 53.6 Å². The fraction of sp³-hybridized carbons (Fsp3) is 0.217. The Balaban J connectivity index is 1.81.